The SMILES string of the molecule is CN(CCO)C(=O)/C=C/c1ccc(N2CCCC2=O)cc1. The molecule has 0 aliphatic carbocycles. The third kappa shape index (κ3) is 3.92. The molecule has 0 atom stereocenters. The lowest BCUT2D eigenvalue weighted by Gasteiger charge is -2.15. The van der Waals surface area contributed by atoms with Gasteiger partial charge < -0.3 is 14.9 Å². The third-order valence-corrected chi connectivity index (χ3v) is 3.51. The molecule has 1 saturated heterocycles. The minimum atomic E-state index is -0.150. The lowest BCUT2D eigenvalue weighted by molar-refractivity contribution is -0.125. The van der Waals surface area contributed by atoms with Crippen LogP contribution in [0.25, 0.3) is 6.08 Å². The second-order valence-electron chi connectivity index (χ2n) is 5.06. The number of carbonyl (C=O) groups is 2. The molecule has 0 saturated carbocycles. The van der Waals surface area contributed by atoms with Gasteiger partial charge in [-0.05, 0) is 30.2 Å². The van der Waals surface area contributed by atoms with Gasteiger partial charge in [-0.2, -0.15) is 0 Å². The van der Waals surface area contributed by atoms with Gasteiger partial charge in [0.05, 0.1) is 6.61 Å². The third-order valence-electron chi connectivity index (χ3n) is 3.51. The highest BCUT2D eigenvalue weighted by Crippen LogP contribution is 2.21. The summed E-state index contributed by atoms with van der Waals surface area (Å²) in [5, 5.41) is 8.78. The second kappa shape index (κ2) is 7.04. The first-order valence-electron chi connectivity index (χ1n) is 7.06. The molecule has 2 amide bonds. The highest BCUT2D eigenvalue weighted by Gasteiger charge is 2.21. The van der Waals surface area contributed by atoms with Crippen LogP contribution in [0.15, 0.2) is 30.3 Å². The fourth-order valence-corrected chi connectivity index (χ4v) is 2.24. The fraction of sp³-hybridized carbons (Fsp3) is 0.375. The van der Waals surface area contributed by atoms with E-state index in [2.05, 4.69) is 0 Å². The molecule has 0 unspecified atom stereocenters. The Morgan fingerprint density at radius 2 is 2.10 bits per heavy atom. The number of aliphatic hydroxyl groups is 1. The van der Waals surface area contributed by atoms with E-state index in [1.807, 2.05) is 24.3 Å². The van der Waals surface area contributed by atoms with E-state index in [0.29, 0.717) is 13.0 Å². The van der Waals surface area contributed by atoms with Crippen LogP contribution in [0.5, 0.6) is 0 Å². The monoisotopic (exact) mass is 288 g/mol. The maximum absolute atomic E-state index is 11.7. The molecule has 0 bridgehead atoms. The number of benzene rings is 1. The average molecular weight is 288 g/mol. The summed E-state index contributed by atoms with van der Waals surface area (Å²) in [5.74, 6) is 0.0157. The molecule has 0 radical (unpaired) electrons. The predicted molar refractivity (Wildman–Crippen MR) is 81.8 cm³/mol. The molecule has 1 aromatic carbocycles. The molecule has 1 aliphatic heterocycles. The Kier molecular flexibility index (Phi) is 5.11. The van der Waals surface area contributed by atoms with Crippen molar-refractivity contribution in [3.63, 3.8) is 0 Å². The van der Waals surface area contributed by atoms with Crippen molar-refractivity contribution in [3.8, 4) is 0 Å². The molecule has 1 aliphatic rings. The number of rotatable bonds is 5. The number of nitrogens with zero attached hydrogens (tertiary/aromatic N) is 2. The van der Waals surface area contributed by atoms with Crippen LogP contribution in [0.1, 0.15) is 18.4 Å². The van der Waals surface area contributed by atoms with Gasteiger partial charge in [0.1, 0.15) is 0 Å². The lowest BCUT2D eigenvalue weighted by Crippen LogP contribution is -2.27. The minimum absolute atomic E-state index is 0.0470. The second-order valence-corrected chi connectivity index (χ2v) is 5.06. The van der Waals surface area contributed by atoms with Crippen molar-refractivity contribution in [1.29, 1.82) is 0 Å². The molecule has 5 nitrogen and oxygen atoms in total. The summed E-state index contributed by atoms with van der Waals surface area (Å²) >= 11 is 0. The van der Waals surface area contributed by atoms with Gasteiger partial charge in [0.2, 0.25) is 11.8 Å². The topological polar surface area (TPSA) is 60.9 Å². The van der Waals surface area contributed by atoms with Crippen molar-refractivity contribution in [1.82, 2.24) is 4.90 Å². The molecule has 112 valence electrons. The Morgan fingerprint density at radius 1 is 1.38 bits per heavy atom. The van der Waals surface area contributed by atoms with Gasteiger partial charge in [-0.3, -0.25) is 9.59 Å². The fourth-order valence-electron chi connectivity index (χ4n) is 2.24. The zero-order valence-corrected chi connectivity index (χ0v) is 12.2. The molecule has 1 aromatic rings. The molecular weight excluding hydrogens is 268 g/mol. The summed E-state index contributed by atoms with van der Waals surface area (Å²) in [4.78, 5) is 26.6. The zero-order valence-electron chi connectivity index (χ0n) is 12.2. The number of carbonyl (C=O) groups excluding carboxylic acids is 2. The van der Waals surface area contributed by atoms with E-state index < -0.39 is 0 Å². The number of amides is 2. The maximum Gasteiger partial charge on any atom is 0.246 e. The smallest absolute Gasteiger partial charge is 0.246 e. The van der Waals surface area contributed by atoms with E-state index in [1.54, 1.807) is 18.0 Å². The van der Waals surface area contributed by atoms with Crippen molar-refractivity contribution in [2.45, 2.75) is 12.8 Å². The van der Waals surface area contributed by atoms with E-state index in [1.165, 1.54) is 11.0 Å². The number of hydrogen-bond donors (Lipinski definition) is 1. The number of aliphatic hydroxyl groups excluding tert-OH is 1. The Hall–Kier alpha value is -2.14. The molecule has 1 fully saturated rings. The van der Waals surface area contributed by atoms with Gasteiger partial charge >= 0.3 is 0 Å². The molecule has 1 N–H and O–H groups in total. The van der Waals surface area contributed by atoms with Gasteiger partial charge in [0.25, 0.3) is 0 Å². The van der Waals surface area contributed by atoms with E-state index in [-0.39, 0.29) is 18.4 Å². The van der Waals surface area contributed by atoms with Crippen molar-refractivity contribution in [3.05, 3.63) is 35.9 Å². The normalized spacial score (nSPS) is 15.0. The van der Waals surface area contributed by atoms with Crippen LogP contribution in [-0.2, 0) is 9.59 Å². The minimum Gasteiger partial charge on any atom is -0.395 e. The van der Waals surface area contributed by atoms with E-state index in [4.69, 9.17) is 5.11 Å². The molecule has 2 rings (SSSR count). The number of likely N-dealkylation sites (N-methyl/N-ethyl adjacent to an activating group) is 1. The van der Waals surface area contributed by atoms with Crippen LogP contribution >= 0.6 is 0 Å². The highest BCUT2D eigenvalue weighted by molar-refractivity contribution is 5.95. The summed E-state index contributed by atoms with van der Waals surface area (Å²) in [7, 11) is 1.64. The number of hydrogen-bond acceptors (Lipinski definition) is 3. The van der Waals surface area contributed by atoms with Crippen LogP contribution in [0.4, 0.5) is 5.69 Å². The van der Waals surface area contributed by atoms with Crippen molar-refractivity contribution >= 4 is 23.6 Å². The highest BCUT2D eigenvalue weighted by atomic mass is 16.3. The summed E-state index contributed by atoms with van der Waals surface area (Å²) in [6.45, 7) is 1.05. The molecular formula is C16H20N2O3. The van der Waals surface area contributed by atoms with Crippen LogP contribution in [0, 0.1) is 0 Å². The summed E-state index contributed by atoms with van der Waals surface area (Å²) in [5.41, 5.74) is 1.80. The molecule has 5 heteroatoms. The molecule has 0 aromatic heterocycles. The summed E-state index contributed by atoms with van der Waals surface area (Å²) < 4.78 is 0. The van der Waals surface area contributed by atoms with Gasteiger partial charge in [-0.15, -0.1) is 0 Å². The standard InChI is InChI=1S/C16H20N2O3/c1-17(11-12-19)15(20)9-6-13-4-7-14(8-5-13)18-10-2-3-16(18)21/h4-9,19H,2-3,10-12H2,1H3/b9-6+. The van der Waals surface area contributed by atoms with E-state index >= 15 is 0 Å². The van der Waals surface area contributed by atoms with Crippen LogP contribution in [0.2, 0.25) is 0 Å². The van der Waals surface area contributed by atoms with Crippen molar-refractivity contribution in [2.24, 2.45) is 0 Å². The quantitative estimate of drug-likeness (QED) is 0.830. The van der Waals surface area contributed by atoms with Gasteiger partial charge in [-0.1, -0.05) is 12.1 Å². The van der Waals surface area contributed by atoms with E-state index in [0.717, 1.165) is 24.2 Å². The first kappa shape index (κ1) is 15.3. The van der Waals surface area contributed by atoms with Crippen molar-refractivity contribution < 1.29 is 14.7 Å². The number of anilines is 1. The molecule has 1 heterocycles. The first-order chi connectivity index (χ1) is 10.1. The predicted octanol–water partition coefficient (Wildman–Crippen LogP) is 1.28. The lowest BCUT2D eigenvalue weighted by atomic mass is 10.2. The Morgan fingerprint density at radius 3 is 2.67 bits per heavy atom. The zero-order chi connectivity index (χ0) is 15.2. The summed E-state index contributed by atoms with van der Waals surface area (Å²) in [6, 6.07) is 7.56. The van der Waals surface area contributed by atoms with Crippen molar-refractivity contribution in [2.75, 3.05) is 31.6 Å². The Bertz CT molecular complexity index is 537. The summed E-state index contributed by atoms with van der Waals surface area (Å²) in [6.07, 6.45) is 4.73. The van der Waals surface area contributed by atoms with Crippen LogP contribution in [0.3, 0.4) is 0 Å². The van der Waals surface area contributed by atoms with Gasteiger partial charge in [-0.25, -0.2) is 0 Å². The Labute approximate surface area is 124 Å². The molecule has 21 heavy (non-hydrogen) atoms. The van der Waals surface area contributed by atoms with E-state index in [9.17, 15) is 9.59 Å². The largest absolute Gasteiger partial charge is 0.395 e. The average Bonchev–Trinajstić information content (AvgIpc) is 2.91. The molecule has 0 spiro atoms. The van der Waals surface area contributed by atoms with Crippen LogP contribution in [-0.4, -0.2) is 48.6 Å². The van der Waals surface area contributed by atoms with Gasteiger partial charge in [0, 0.05) is 38.3 Å². The first-order valence-corrected chi connectivity index (χ1v) is 7.06. The Balaban J connectivity index is 1.99. The van der Waals surface area contributed by atoms with Gasteiger partial charge in [0.15, 0.2) is 0 Å². The maximum atomic E-state index is 11.7. The van der Waals surface area contributed by atoms with Crippen LogP contribution < -0.4 is 4.90 Å².